The molecule has 0 aliphatic rings. The Morgan fingerprint density at radius 3 is 2.93 bits per heavy atom. The predicted molar refractivity (Wildman–Crippen MR) is 61.4 cm³/mol. The zero-order valence-electron chi connectivity index (χ0n) is 8.97. The van der Waals surface area contributed by atoms with Crippen LogP contribution in [-0.2, 0) is 6.42 Å². The second kappa shape index (κ2) is 3.89. The molecule has 2 heteroatoms. The summed E-state index contributed by atoms with van der Waals surface area (Å²) in [6.07, 6.45) is 5.02. The Labute approximate surface area is 88.6 Å². The third-order valence-electron chi connectivity index (χ3n) is 2.46. The molecule has 0 radical (unpaired) electrons. The van der Waals surface area contributed by atoms with Crippen LogP contribution in [0.25, 0.3) is 10.9 Å². The van der Waals surface area contributed by atoms with Crippen molar-refractivity contribution in [3.63, 3.8) is 0 Å². The Balaban J connectivity index is 2.41. The molecule has 0 fully saturated rings. The van der Waals surface area contributed by atoms with Gasteiger partial charge in [0.05, 0.1) is 0 Å². The van der Waals surface area contributed by atoms with Gasteiger partial charge in [-0.2, -0.15) is 0 Å². The van der Waals surface area contributed by atoms with Crippen LogP contribution in [0, 0.1) is 5.82 Å². The van der Waals surface area contributed by atoms with Gasteiger partial charge in [0.25, 0.3) is 0 Å². The van der Waals surface area contributed by atoms with E-state index in [4.69, 9.17) is 0 Å². The Morgan fingerprint density at radius 2 is 2.20 bits per heavy atom. The number of halogens is 1. The lowest BCUT2D eigenvalue weighted by Crippen LogP contribution is -1.79. The number of benzene rings is 1. The first-order valence-electron chi connectivity index (χ1n) is 5.05. The highest BCUT2D eigenvalue weighted by atomic mass is 19.1. The first kappa shape index (κ1) is 9.97. The van der Waals surface area contributed by atoms with Crippen molar-refractivity contribution in [2.45, 2.75) is 20.3 Å². The molecule has 2 aromatic rings. The van der Waals surface area contributed by atoms with Crippen molar-refractivity contribution in [3.8, 4) is 0 Å². The van der Waals surface area contributed by atoms with Crippen LogP contribution in [0.5, 0.6) is 0 Å². The summed E-state index contributed by atoms with van der Waals surface area (Å²) in [4.78, 5) is 3.08. The minimum Gasteiger partial charge on any atom is -0.361 e. The van der Waals surface area contributed by atoms with Gasteiger partial charge in [-0.3, -0.25) is 0 Å². The Morgan fingerprint density at radius 1 is 1.40 bits per heavy atom. The van der Waals surface area contributed by atoms with E-state index in [1.807, 2.05) is 12.3 Å². The molecule has 0 atom stereocenters. The Kier molecular flexibility index (Phi) is 2.58. The average molecular weight is 203 g/mol. The zero-order chi connectivity index (χ0) is 10.8. The molecular formula is C13H14FN. The number of aromatic amines is 1. The van der Waals surface area contributed by atoms with Crippen molar-refractivity contribution in [1.82, 2.24) is 4.98 Å². The summed E-state index contributed by atoms with van der Waals surface area (Å²) in [5.74, 6) is -0.196. The summed E-state index contributed by atoms with van der Waals surface area (Å²) in [6.45, 7) is 4.16. The molecular weight excluding hydrogens is 189 g/mol. The molecule has 0 saturated heterocycles. The summed E-state index contributed by atoms with van der Waals surface area (Å²) < 4.78 is 12.9. The molecule has 0 spiro atoms. The molecule has 2 rings (SSSR count). The molecule has 0 aliphatic carbocycles. The van der Waals surface area contributed by atoms with Crippen LogP contribution in [0.4, 0.5) is 4.39 Å². The van der Waals surface area contributed by atoms with E-state index in [-0.39, 0.29) is 5.82 Å². The van der Waals surface area contributed by atoms with Crippen LogP contribution >= 0.6 is 0 Å². The lowest BCUT2D eigenvalue weighted by molar-refractivity contribution is 0.629. The summed E-state index contributed by atoms with van der Waals surface area (Å²) in [5, 5.41) is 1.11. The van der Waals surface area contributed by atoms with Crippen LogP contribution < -0.4 is 0 Å². The summed E-state index contributed by atoms with van der Waals surface area (Å²) >= 11 is 0. The number of aromatic nitrogens is 1. The van der Waals surface area contributed by atoms with Gasteiger partial charge in [-0.1, -0.05) is 11.6 Å². The largest absolute Gasteiger partial charge is 0.361 e. The van der Waals surface area contributed by atoms with E-state index in [9.17, 15) is 4.39 Å². The SMILES string of the molecule is CC(C)=CCc1c[nH]c2cc(F)ccc12. The van der Waals surface area contributed by atoms with Gasteiger partial charge in [-0.15, -0.1) is 0 Å². The van der Waals surface area contributed by atoms with Gasteiger partial charge in [0.1, 0.15) is 5.82 Å². The van der Waals surface area contributed by atoms with Crippen molar-refractivity contribution in [2.24, 2.45) is 0 Å². The van der Waals surface area contributed by atoms with Crippen molar-refractivity contribution in [1.29, 1.82) is 0 Å². The highest BCUT2D eigenvalue weighted by Gasteiger charge is 2.02. The van der Waals surface area contributed by atoms with Crippen molar-refractivity contribution in [3.05, 3.63) is 47.4 Å². The van der Waals surface area contributed by atoms with Gasteiger partial charge in [0.15, 0.2) is 0 Å². The third kappa shape index (κ3) is 2.09. The van der Waals surface area contributed by atoms with Gasteiger partial charge < -0.3 is 4.98 Å². The lowest BCUT2D eigenvalue weighted by Gasteiger charge is -1.95. The van der Waals surface area contributed by atoms with Gasteiger partial charge in [0, 0.05) is 17.1 Å². The number of hydrogen-bond donors (Lipinski definition) is 1. The fourth-order valence-corrected chi connectivity index (χ4v) is 1.64. The van der Waals surface area contributed by atoms with Crippen LogP contribution in [0.1, 0.15) is 19.4 Å². The number of H-pyrrole nitrogens is 1. The van der Waals surface area contributed by atoms with Crippen LogP contribution in [0.3, 0.4) is 0 Å². The van der Waals surface area contributed by atoms with E-state index < -0.39 is 0 Å². The number of nitrogens with one attached hydrogen (secondary N) is 1. The molecule has 15 heavy (non-hydrogen) atoms. The summed E-state index contributed by atoms with van der Waals surface area (Å²) in [5.41, 5.74) is 3.38. The van der Waals surface area contributed by atoms with Crippen LogP contribution in [-0.4, -0.2) is 4.98 Å². The van der Waals surface area contributed by atoms with E-state index in [0.29, 0.717) is 0 Å². The lowest BCUT2D eigenvalue weighted by atomic mass is 10.1. The highest BCUT2D eigenvalue weighted by Crippen LogP contribution is 2.20. The molecule has 1 aromatic carbocycles. The quantitative estimate of drug-likeness (QED) is 0.714. The van der Waals surface area contributed by atoms with Crippen LogP contribution in [0.15, 0.2) is 36.0 Å². The maximum Gasteiger partial charge on any atom is 0.125 e. The van der Waals surface area contributed by atoms with Gasteiger partial charge in [-0.05, 0) is 44.0 Å². The van der Waals surface area contributed by atoms with E-state index in [1.165, 1.54) is 23.3 Å². The topological polar surface area (TPSA) is 15.8 Å². The standard InChI is InChI=1S/C13H14FN/c1-9(2)3-4-10-8-15-13-7-11(14)5-6-12(10)13/h3,5-8,15H,4H2,1-2H3. The Bertz CT molecular complexity index is 504. The highest BCUT2D eigenvalue weighted by molar-refractivity contribution is 5.83. The van der Waals surface area contributed by atoms with Gasteiger partial charge in [0.2, 0.25) is 0 Å². The van der Waals surface area contributed by atoms with Crippen LogP contribution in [0.2, 0.25) is 0 Å². The van der Waals surface area contributed by atoms with E-state index in [0.717, 1.165) is 17.3 Å². The molecule has 0 bridgehead atoms. The number of hydrogen-bond acceptors (Lipinski definition) is 0. The molecule has 0 amide bonds. The number of rotatable bonds is 2. The summed E-state index contributed by atoms with van der Waals surface area (Å²) in [7, 11) is 0. The molecule has 1 N–H and O–H groups in total. The van der Waals surface area contributed by atoms with Crippen molar-refractivity contribution < 1.29 is 4.39 Å². The normalized spacial score (nSPS) is 10.6. The molecule has 78 valence electrons. The maximum absolute atomic E-state index is 12.9. The maximum atomic E-state index is 12.9. The first-order valence-corrected chi connectivity index (χ1v) is 5.05. The number of fused-ring (bicyclic) bond motifs is 1. The predicted octanol–water partition coefficient (Wildman–Crippen LogP) is 3.82. The van der Waals surface area contributed by atoms with Gasteiger partial charge >= 0.3 is 0 Å². The van der Waals surface area contributed by atoms with Crippen molar-refractivity contribution >= 4 is 10.9 Å². The smallest absolute Gasteiger partial charge is 0.125 e. The molecule has 1 heterocycles. The number of allylic oxidation sites excluding steroid dienone is 2. The minimum absolute atomic E-state index is 0.196. The van der Waals surface area contributed by atoms with E-state index in [2.05, 4.69) is 24.9 Å². The monoisotopic (exact) mass is 203 g/mol. The fourth-order valence-electron chi connectivity index (χ4n) is 1.64. The second-order valence-corrected chi connectivity index (χ2v) is 3.99. The Hall–Kier alpha value is -1.57. The zero-order valence-corrected chi connectivity index (χ0v) is 8.97. The minimum atomic E-state index is -0.196. The molecule has 1 nitrogen and oxygen atoms in total. The van der Waals surface area contributed by atoms with Gasteiger partial charge in [-0.25, -0.2) is 4.39 Å². The molecule has 0 saturated carbocycles. The van der Waals surface area contributed by atoms with Crippen molar-refractivity contribution in [2.75, 3.05) is 0 Å². The second-order valence-electron chi connectivity index (χ2n) is 3.99. The first-order chi connectivity index (χ1) is 7.16. The molecule has 1 aromatic heterocycles. The molecule has 0 aliphatic heterocycles. The molecule has 0 unspecified atom stereocenters. The average Bonchev–Trinajstić information content (AvgIpc) is 2.57. The summed E-state index contributed by atoms with van der Waals surface area (Å²) in [6, 6.07) is 4.86. The third-order valence-corrected chi connectivity index (χ3v) is 2.46. The van der Waals surface area contributed by atoms with E-state index in [1.54, 1.807) is 0 Å². The van der Waals surface area contributed by atoms with E-state index >= 15 is 0 Å². The fraction of sp³-hybridized carbons (Fsp3) is 0.231.